The molecule has 0 spiro atoms. The lowest BCUT2D eigenvalue weighted by Crippen LogP contribution is -2.28. The molecule has 1 heterocycles. The number of nitrogens with zero attached hydrogens (tertiary/aromatic N) is 2. The predicted molar refractivity (Wildman–Crippen MR) is 64.1 cm³/mol. The zero-order chi connectivity index (χ0) is 13.3. The highest BCUT2D eigenvalue weighted by Gasteiger charge is 2.38. The summed E-state index contributed by atoms with van der Waals surface area (Å²) in [5.74, 6) is 0.560. The molecule has 6 nitrogen and oxygen atoms in total. The van der Waals surface area contributed by atoms with E-state index in [1.54, 1.807) is 13.8 Å². The molecule has 0 amide bonds. The van der Waals surface area contributed by atoms with E-state index in [0.29, 0.717) is 12.2 Å². The lowest BCUT2D eigenvalue weighted by molar-refractivity contribution is 0.343. The molecular weight excluding hydrogens is 242 g/mol. The molecule has 0 saturated heterocycles. The third kappa shape index (κ3) is 3.04. The fourth-order valence-electron chi connectivity index (χ4n) is 1.12. The number of sulfone groups is 1. The van der Waals surface area contributed by atoms with E-state index in [1.807, 2.05) is 6.92 Å². The third-order valence-corrected chi connectivity index (χ3v) is 4.91. The Balaban J connectivity index is 2.96. The van der Waals surface area contributed by atoms with E-state index < -0.39 is 14.6 Å². The Morgan fingerprint density at radius 3 is 2.53 bits per heavy atom. The van der Waals surface area contributed by atoms with Gasteiger partial charge in [-0.05, 0) is 20.3 Å². The summed E-state index contributed by atoms with van der Waals surface area (Å²) in [6, 6.07) is -0.0400. The summed E-state index contributed by atoms with van der Waals surface area (Å²) in [5, 5.41) is 3.75. The first-order valence-electron chi connectivity index (χ1n) is 5.46. The van der Waals surface area contributed by atoms with Crippen LogP contribution >= 0.6 is 0 Å². The number of hydrogen-bond acceptors (Lipinski definition) is 6. The van der Waals surface area contributed by atoms with E-state index in [4.69, 9.17) is 10.3 Å². The molecule has 1 aromatic rings. The van der Waals surface area contributed by atoms with Crippen molar-refractivity contribution in [3.05, 3.63) is 11.7 Å². The average molecular weight is 261 g/mol. The fourth-order valence-corrected chi connectivity index (χ4v) is 1.52. The summed E-state index contributed by atoms with van der Waals surface area (Å²) in [6.45, 7) is 5.05. The Morgan fingerprint density at radius 1 is 1.47 bits per heavy atom. The van der Waals surface area contributed by atoms with Crippen molar-refractivity contribution in [3.8, 4) is 0 Å². The summed E-state index contributed by atoms with van der Waals surface area (Å²) in [4.78, 5) is 4.10. The molecule has 2 N–H and O–H groups in total. The Kier molecular flexibility index (Phi) is 3.93. The Labute approximate surface area is 102 Å². The van der Waals surface area contributed by atoms with Gasteiger partial charge in [0.05, 0.1) is 0 Å². The van der Waals surface area contributed by atoms with E-state index in [2.05, 4.69) is 10.1 Å². The molecule has 0 bridgehead atoms. The molecule has 1 atom stereocenters. The molecular formula is C10H19N3O3S. The molecule has 98 valence electrons. The van der Waals surface area contributed by atoms with Crippen molar-refractivity contribution < 1.29 is 12.9 Å². The molecule has 0 radical (unpaired) electrons. The fraction of sp³-hybridized carbons (Fsp3) is 0.800. The van der Waals surface area contributed by atoms with Crippen molar-refractivity contribution in [2.24, 2.45) is 5.73 Å². The van der Waals surface area contributed by atoms with Crippen molar-refractivity contribution in [2.75, 3.05) is 6.26 Å². The summed E-state index contributed by atoms with van der Waals surface area (Å²) in [5.41, 5.74) is 5.77. The van der Waals surface area contributed by atoms with Gasteiger partial charge in [-0.3, -0.25) is 0 Å². The number of nitrogens with two attached hydrogens (primary N) is 1. The highest BCUT2D eigenvalue weighted by Crippen LogP contribution is 2.27. The van der Waals surface area contributed by atoms with Gasteiger partial charge in [0.25, 0.3) is 0 Å². The Morgan fingerprint density at radius 2 is 2.06 bits per heavy atom. The molecule has 17 heavy (non-hydrogen) atoms. The highest BCUT2D eigenvalue weighted by molar-refractivity contribution is 7.91. The van der Waals surface area contributed by atoms with Gasteiger partial charge in [0.1, 0.15) is 4.75 Å². The molecule has 0 aliphatic carbocycles. The van der Waals surface area contributed by atoms with Gasteiger partial charge in [-0.15, -0.1) is 0 Å². The molecule has 7 heteroatoms. The second-order valence-corrected chi connectivity index (χ2v) is 7.24. The van der Waals surface area contributed by atoms with Crippen LogP contribution in [0.1, 0.15) is 38.9 Å². The number of rotatable bonds is 5. The molecule has 0 fully saturated rings. The minimum Gasteiger partial charge on any atom is -0.338 e. The third-order valence-electron chi connectivity index (χ3n) is 2.88. The minimum atomic E-state index is -3.30. The predicted octanol–water partition coefficient (Wildman–Crippen LogP) is 0.629. The van der Waals surface area contributed by atoms with Crippen LogP contribution in [0, 0.1) is 0 Å². The first-order chi connectivity index (χ1) is 7.68. The van der Waals surface area contributed by atoms with Gasteiger partial charge in [-0.1, -0.05) is 12.1 Å². The lowest BCUT2D eigenvalue weighted by atomic mass is 10.1. The average Bonchev–Trinajstić information content (AvgIpc) is 2.64. The van der Waals surface area contributed by atoms with Gasteiger partial charge in [-0.25, -0.2) is 8.42 Å². The van der Waals surface area contributed by atoms with Crippen LogP contribution in [0.2, 0.25) is 0 Å². The van der Waals surface area contributed by atoms with Crippen molar-refractivity contribution in [1.82, 2.24) is 10.1 Å². The number of hydrogen-bond donors (Lipinski definition) is 1. The Hall–Kier alpha value is -0.950. The van der Waals surface area contributed by atoms with Gasteiger partial charge >= 0.3 is 0 Å². The zero-order valence-electron chi connectivity index (χ0n) is 10.6. The molecule has 1 aromatic heterocycles. The van der Waals surface area contributed by atoms with Crippen LogP contribution in [-0.2, 0) is 21.0 Å². The molecule has 0 aromatic carbocycles. The van der Waals surface area contributed by atoms with Gasteiger partial charge in [0, 0.05) is 18.7 Å². The topological polar surface area (TPSA) is 99.1 Å². The van der Waals surface area contributed by atoms with E-state index in [0.717, 1.165) is 12.7 Å². The van der Waals surface area contributed by atoms with Crippen molar-refractivity contribution in [3.63, 3.8) is 0 Å². The van der Waals surface area contributed by atoms with Crippen molar-refractivity contribution >= 4 is 9.84 Å². The van der Waals surface area contributed by atoms with Crippen LogP contribution in [0.5, 0.6) is 0 Å². The maximum atomic E-state index is 11.6. The summed E-state index contributed by atoms with van der Waals surface area (Å²) < 4.78 is 27.0. The smallest absolute Gasteiger partial charge is 0.247 e. The van der Waals surface area contributed by atoms with E-state index in [1.165, 1.54) is 0 Å². The van der Waals surface area contributed by atoms with Gasteiger partial charge < -0.3 is 10.3 Å². The second kappa shape index (κ2) is 4.73. The molecule has 0 aliphatic rings. The standard InChI is InChI=1S/C10H19N3O3S/c1-5-7(11)6-8-12-9(16-13-8)10(2,3)17(4,14)15/h7H,5-6,11H2,1-4H3. The molecule has 1 rings (SSSR count). The van der Waals surface area contributed by atoms with Crippen LogP contribution in [-0.4, -0.2) is 30.9 Å². The summed E-state index contributed by atoms with van der Waals surface area (Å²) in [7, 11) is -3.30. The quantitative estimate of drug-likeness (QED) is 0.834. The highest BCUT2D eigenvalue weighted by atomic mass is 32.2. The SMILES string of the molecule is CCC(N)Cc1noc(C(C)(C)S(C)(=O)=O)n1. The largest absolute Gasteiger partial charge is 0.338 e. The zero-order valence-corrected chi connectivity index (χ0v) is 11.4. The monoisotopic (exact) mass is 261 g/mol. The first-order valence-corrected chi connectivity index (χ1v) is 7.36. The summed E-state index contributed by atoms with van der Waals surface area (Å²) >= 11 is 0. The normalized spacial score (nSPS) is 14.9. The first kappa shape index (κ1) is 14.1. The summed E-state index contributed by atoms with van der Waals surface area (Å²) in [6.07, 6.45) is 2.44. The molecule has 0 aliphatic heterocycles. The maximum Gasteiger partial charge on any atom is 0.247 e. The second-order valence-electron chi connectivity index (χ2n) is 4.67. The molecule has 1 unspecified atom stereocenters. The van der Waals surface area contributed by atoms with Crippen LogP contribution in [0.4, 0.5) is 0 Å². The molecule has 0 saturated carbocycles. The van der Waals surface area contributed by atoms with E-state index >= 15 is 0 Å². The lowest BCUT2D eigenvalue weighted by Gasteiger charge is -2.16. The maximum absolute atomic E-state index is 11.6. The minimum absolute atomic E-state index is 0.0400. The van der Waals surface area contributed by atoms with Gasteiger partial charge in [0.15, 0.2) is 15.7 Å². The van der Waals surface area contributed by atoms with Crippen LogP contribution in [0.25, 0.3) is 0 Å². The van der Waals surface area contributed by atoms with Gasteiger partial charge in [-0.2, -0.15) is 4.98 Å². The van der Waals surface area contributed by atoms with Crippen LogP contribution in [0.3, 0.4) is 0 Å². The Bertz CT molecular complexity index is 479. The number of aromatic nitrogens is 2. The van der Waals surface area contributed by atoms with Crippen LogP contribution < -0.4 is 5.73 Å². The van der Waals surface area contributed by atoms with Crippen molar-refractivity contribution in [2.45, 2.75) is 44.4 Å². The van der Waals surface area contributed by atoms with E-state index in [9.17, 15) is 8.42 Å². The van der Waals surface area contributed by atoms with Crippen LogP contribution in [0.15, 0.2) is 4.52 Å². The van der Waals surface area contributed by atoms with Crippen molar-refractivity contribution in [1.29, 1.82) is 0 Å². The van der Waals surface area contributed by atoms with Gasteiger partial charge in [0.2, 0.25) is 5.89 Å². The van der Waals surface area contributed by atoms with E-state index in [-0.39, 0.29) is 11.9 Å².